The predicted molar refractivity (Wildman–Crippen MR) is 189 cm³/mol. The van der Waals surface area contributed by atoms with Gasteiger partial charge in [-0.3, -0.25) is 10.1 Å². The number of ketones is 1. The van der Waals surface area contributed by atoms with Crippen LogP contribution in [0.15, 0.2) is 48.9 Å². The van der Waals surface area contributed by atoms with E-state index in [1.807, 2.05) is 48.1 Å². The Morgan fingerprint density at radius 3 is 2.82 bits per heavy atom. The van der Waals surface area contributed by atoms with E-state index in [0.717, 1.165) is 58.1 Å². The number of ether oxygens (including phenoxy) is 2. The SMILES string of the molecule is CCC[C@H](O)C[C@@H](O)CC(=O)CCc1ccc2c(c1)O[C@H]1[C@H](C#C[C@H](O)c3ccc4c(c3Cc3c[nH]c5cn1cc35)CCN[C@H]4N)CC#CO2. The zero-order valence-electron chi connectivity index (χ0n) is 28.2. The summed E-state index contributed by atoms with van der Waals surface area (Å²) in [4.78, 5) is 16.2. The largest absolute Gasteiger partial charge is 0.465 e. The van der Waals surface area contributed by atoms with E-state index >= 15 is 0 Å². The van der Waals surface area contributed by atoms with Gasteiger partial charge in [0.25, 0.3) is 0 Å². The van der Waals surface area contributed by atoms with Crippen molar-refractivity contribution >= 4 is 16.7 Å². The van der Waals surface area contributed by atoms with Crippen molar-refractivity contribution in [3.8, 4) is 35.4 Å². The van der Waals surface area contributed by atoms with Gasteiger partial charge >= 0.3 is 0 Å². The number of Topliss-reactive ketones (excluding diaryl/α,β-unsaturated/α-hetero) is 1. The van der Waals surface area contributed by atoms with Crippen LogP contribution < -0.4 is 20.5 Å². The van der Waals surface area contributed by atoms with E-state index in [4.69, 9.17) is 15.2 Å². The van der Waals surface area contributed by atoms with Crippen LogP contribution in [-0.4, -0.2) is 49.4 Å². The number of benzene rings is 2. The molecule has 0 saturated heterocycles. The number of nitrogens with zero attached hydrogens (tertiary/aromatic N) is 1. The van der Waals surface area contributed by atoms with Crippen molar-refractivity contribution in [2.75, 3.05) is 6.54 Å². The molecule has 10 nitrogen and oxygen atoms in total. The summed E-state index contributed by atoms with van der Waals surface area (Å²) in [6, 6.07) is 9.50. The molecule has 7 N–H and O–H groups in total. The maximum absolute atomic E-state index is 12.7. The van der Waals surface area contributed by atoms with Crippen LogP contribution in [0.5, 0.6) is 11.5 Å². The van der Waals surface area contributed by atoms with Gasteiger partial charge in [0.1, 0.15) is 18.0 Å². The van der Waals surface area contributed by atoms with Gasteiger partial charge in [0, 0.05) is 56.2 Å². The molecule has 2 aromatic carbocycles. The fraction of sp³-hybridized carbons (Fsp3) is 0.425. The molecule has 0 fully saturated rings. The number of hydrogen-bond acceptors (Lipinski definition) is 8. The number of hydrogen-bond donors (Lipinski definition) is 6. The van der Waals surface area contributed by atoms with Crippen molar-refractivity contribution in [3.63, 3.8) is 0 Å². The normalized spacial score (nSPS) is 22.0. The summed E-state index contributed by atoms with van der Waals surface area (Å²) in [6.45, 7) is 2.74. The van der Waals surface area contributed by atoms with Crippen LogP contribution >= 0.6 is 0 Å². The van der Waals surface area contributed by atoms with Crippen LogP contribution in [0.2, 0.25) is 0 Å². The first-order chi connectivity index (χ1) is 24.3. The Balaban J connectivity index is 1.19. The summed E-state index contributed by atoms with van der Waals surface area (Å²) in [5.74, 6) is 10.00. The van der Waals surface area contributed by atoms with Crippen LogP contribution in [-0.2, 0) is 24.1 Å². The molecular weight excluding hydrogens is 632 g/mol. The molecule has 0 spiro atoms. The van der Waals surface area contributed by atoms with Gasteiger partial charge < -0.3 is 40.1 Å². The molecule has 0 aliphatic carbocycles. The van der Waals surface area contributed by atoms with Crippen molar-refractivity contribution in [2.24, 2.45) is 11.7 Å². The number of nitrogens with one attached hydrogen (secondary N) is 2. The Morgan fingerprint density at radius 1 is 1.10 bits per heavy atom. The number of carbonyl (C=O) groups excluding carboxylic acids is 1. The molecule has 5 heterocycles. The van der Waals surface area contributed by atoms with Crippen LogP contribution in [0, 0.1) is 29.8 Å². The maximum atomic E-state index is 12.7. The molecule has 260 valence electrons. The van der Waals surface area contributed by atoms with Gasteiger partial charge in [-0.05, 0) is 71.2 Å². The summed E-state index contributed by atoms with van der Waals surface area (Å²) >= 11 is 0. The van der Waals surface area contributed by atoms with Gasteiger partial charge in [0.05, 0.1) is 29.8 Å². The average Bonchev–Trinajstić information content (AvgIpc) is 3.69. The lowest BCUT2D eigenvalue weighted by Gasteiger charge is -2.28. The van der Waals surface area contributed by atoms with E-state index in [2.05, 4.69) is 40.4 Å². The third-order valence-electron chi connectivity index (χ3n) is 10.0. The molecule has 2 aromatic heterocycles. The van der Waals surface area contributed by atoms with Crippen molar-refractivity contribution in [1.82, 2.24) is 14.9 Å². The smallest absolute Gasteiger partial charge is 0.190 e. The highest BCUT2D eigenvalue weighted by molar-refractivity contribution is 5.83. The number of fused-ring (bicyclic) bond motifs is 7. The standard InChI is InChI=1S/C40H44N4O6/c1-2-4-27(45)19-29(47)20-28(46)9-6-24-7-13-37-38(17-24)50-40-25(5-3-16-49-37)8-12-36(48)31-10-11-32-30(14-15-42-39(32)41)33(31)18-26-21-43-35-23-44(40)22-34(26)35/h7,10-11,13,17,21-23,25,27,29,36,39-40,42-43,45,47-48H,2,4-6,9,14-15,18-20,41H2,1H3/t25-,27-,29+,36-,39+,40-/m0/s1. The number of aryl methyl sites for hydroxylation is 1. The molecule has 0 radical (unpaired) electrons. The Bertz CT molecular complexity index is 2010. The lowest BCUT2D eigenvalue weighted by Crippen LogP contribution is -2.36. The number of rotatable bonds is 9. The van der Waals surface area contributed by atoms with Crippen molar-refractivity contribution in [1.29, 1.82) is 0 Å². The van der Waals surface area contributed by atoms with Crippen molar-refractivity contribution in [3.05, 3.63) is 82.3 Å². The third kappa shape index (κ3) is 7.18. The van der Waals surface area contributed by atoms with Gasteiger partial charge in [0.15, 0.2) is 17.7 Å². The molecule has 3 aliphatic heterocycles. The molecule has 0 unspecified atom stereocenters. The summed E-state index contributed by atoms with van der Waals surface area (Å²) in [5, 5.41) is 36.3. The highest BCUT2D eigenvalue weighted by Gasteiger charge is 2.29. The lowest BCUT2D eigenvalue weighted by atomic mass is 9.85. The molecule has 4 aromatic rings. The number of aromatic nitrogens is 2. The molecule has 0 amide bonds. The van der Waals surface area contributed by atoms with Crippen LogP contribution in [0.3, 0.4) is 0 Å². The fourth-order valence-electron chi connectivity index (χ4n) is 7.41. The highest BCUT2D eigenvalue weighted by Crippen LogP contribution is 2.38. The zero-order chi connectivity index (χ0) is 34.8. The molecule has 7 rings (SSSR count). The van der Waals surface area contributed by atoms with E-state index in [0.29, 0.717) is 37.2 Å². The fourth-order valence-corrected chi connectivity index (χ4v) is 7.41. The summed E-state index contributed by atoms with van der Waals surface area (Å²) in [6.07, 6.45) is 9.67. The molecule has 10 heteroatoms. The third-order valence-corrected chi connectivity index (χ3v) is 10.0. The molecule has 2 bridgehead atoms. The van der Waals surface area contributed by atoms with Gasteiger partial charge in [-0.2, -0.15) is 0 Å². The maximum Gasteiger partial charge on any atom is 0.190 e. The van der Waals surface area contributed by atoms with E-state index in [-0.39, 0.29) is 31.2 Å². The first-order valence-corrected chi connectivity index (χ1v) is 17.6. The summed E-state index contributed by atoms with van der Waals surface area (Å²) < 4.78 is 14.6. The first kappa shape index (κ1) is 33.9. The Hall–Kier alpha value is -4.55. The van der Waals surface area contributed by atoms with Crippen LogP contribution in [0.25, 0.3) is 10.9 Å². The van der Waals surface area contributed by atoms with Crippen molar-refractivity contribution in [2.45, 2.75) is 95.4 Å². The predicted octanol–water partition coefficient (Wildman–Crippen LogP) is 4.45. The molecule has 50 heavy (non-hydrogen) atoms. The average molecular weight is 677 g/mol. The highest BCUT2D eigenvalue weighted by atomic mass is 16.5. The minimum absolute atomic E-state index is 0.00958. The minimum Gasteiger partial charge on any atom is -0.465 e. The molecule has 0 saturated carbocycles. The van der Waals surface area contributed by atoms with E-state index in [9.17, 15) is 20.1 Å². The molecular formula is C40H44N4O6. The lowest BCUT2D eigenvalue weighted by molar-refractivity contribution is -0.121. The number of H-pyrrole nitrogens is 1. The van der Waals surface area contributed by atoms with E-state index in [1.165, 1.54) is 5.56 Å². The number of carbonyl (C=O) groups is 1. The number of aliphatic hydroxyl groups is 3. The summed E-state index contributed by atoms with van der Waals surface area (Å²) in [7, 11) is 0. The second-order valence-corrected chi connectivity index (χ2v) is 13.7. The van der Waals surface area contributed by atoms with Gasteiger partial charge in [-0.25, -0.2) is 0 Å². The number of nitrogens with two attached hydrogens (primary N) is 1. The van der Waals surface area contributed by atoms with Crippen LogP contribution in [0.1, 0.15) is 97.3 Å². The number of aliphatic hydroxyl groups excluding tert-OH is 3. The monoisotopic (exact) mass is 676 g/mol. The van der Waals surface area contributed by atoms with Gasteiger partial charge in [-0.1, -0.05) is 49.3 Å². The summed E-state index contributed by atoms with van der Waals surface area (Å²) in [5.41, 5.74) is 13.4. The zero-order valence-corrected chi connectivity index (χ0v) is 28.2. The second-order valence-electron chi connectivity index (χ2n) is 13.7. The minimum atomic E-state index is -1.02. The quantitative estimate of drug-likeness (QED) is 0.142. The number of aromatic amines is 1. The van der Waals surface area contributed by atoms with Gasteiger partial charge in [-0.15, -0.1) is 0 Å². The van der Waals surface area contributed by atoms with E-state index in [1.54, 1.807) is 6.07 Å². The molecule has 6 atom stereocenters. The topological polar surface area (TPSA) is 155 Å². The molecule has 3 aliphatic rings. The Kier molecular flexibility index (Phi) is 10.0. The van der Waals surface area contributed by atoms with Crippen LogP contribution in [0.4, 0.5) is 0 Å². The Labute approximate surface area is 292 Å². The Morgan fingerprint density at radius 2 is 1.96 bits per heavy atom. The second kappa shape index (κ2) is 14.7. The van der Waals surface area contributed by atoms with Gasteiger partial charge in [0.2, 0.25) is 0 Å². The van der Waals surface area contributed by atoms with Crippen molar-refractivity contribution < 1.29 is 29.6 Å². The van der Waals surface area contributed by atoms with E-state index < -0.39 is 30.5 Å². The first-order valence-electron chi connectivity index (χ1n) is 17.6.